The average Bonchev–Trinajstić information content (AvgIpc) is 3.37. The number of halogens is 1. The Hall–Kier alpha value is -2.48. The quantitative estimate of drug-likeness (QED) is 0.868. The third-order valence-corrected chi connectivity index (χ3v) is 6.19. The minimum absolute atomic E-state index is 0.175. The van der Waals surface area contributed by atoms with Gasteiger partial charge in [0.25, 0.3) is 0 Å². The van der Waals surface area contributed by atoms with E-state index in [0.29, 0.717) is 11.4 Å². The van der Waals surface area contributed by atoms with Gasteiger partial charge >= 0.3 is 0 Å². The lowest BCUT2D eigenvalue weighted by Crippen LogP contribution is -2.45. The second kappa shape index (κ2) is 6.02. The molecule has 1 spiro atoms. The number of benzene rings is 1. The molecule has 2 aliphatic heterocycles. The Morgan fingerprint density at radius 1 is 1.37 bits per heavy atom. The van der Waals surface area contributed by atoms with E-state index >= 15 is 4.39 Å². The number of fused-ring (bicyclic) bond motifs is 2. The lowest BCUT2D eigenvalue weighted by atomic mass is 9.64. The Kier molecular flexibility index (Phi) is 3.72. The fraction of sp³-hybridized carbons (Fsp3) is 0.526. The number of nitrogens with zero attached hydrogens (tertiary/aromatic N) is 4. The molecule has 5 rings (SSSR count). The van der Waals surface area contributed by atoms with Crippen molar-refractivity contribution in [2.45, 2.75) is 43.6 Å². The van der Waals surface area contributed by atoms with Gasteiger partial charge in [-0.25, -0.2) is 14.1 Å². The highest BCUT2D eigenvalue weighted by molar-refractivity contribution is 6.01. The van der Waals surface area contributed by atoms with Crippen molar-refractivity contribution in [2.75, 3.05) is 20.7 Å². The van der Waals surface area contributed by atoms with E-state index in [1.54, 1.807) is 13.3 Å². The SMILES string of the molecule is CNC1=Nc2c(cc(OC)c(-n3cc(C4CCCN4)nn3)c2F)C12CCC2. The van der Waals surface area contributed by atoms with Gasteiger partial charge in [-0.05, 0) is 43.9 Å². The predicted molar refractivity (Wildman–Crippen MR) is 99.5 cm³/mol. The molecule has 1 aliphatic carbocycles. The zero-order valence-electron chi connectivity index (χ0n) is 15.5. The zero-order chi connectivity index (χ0) is 18.6. The van der Waals surface area contributed by atoms with Crippen LogP contribution in [0.1, 0.15) is 49.4 Å². The zero-order valence-corrected chi connectivity index (χ0v) is 15.5. The van der Waals surface area contributed by atoms with Gasteiger partial charge in [0.1, 0.15) is 28.7 Å². The van der Waals surface area contributed by atoms with Crippen LogP contribution < -0.4 is 15.4 Å². The number of aliphatic imine (C=N–C) groups is 1. The topological polar surface area (TPSA) is 76.4 Å². The summed E-state index contributed by atoms with van der Waals surface area (Å²) < 4.78 is 22.6. The fourth-order valence-corrected chi connectivity index (χ4v) is 4.61. The van der Waals surface area contributed by atoms with Crippen molar-refractivity contribution < 1.29 is 9.13 Å². The highest BCUT2D eigenvalue weighted by Crippen LogP contribution is 2.54. The maximum Gasteiger partial charge on any atom is 0.178 e. The molecule has 1 aromatic heterocycles. The van der Waals surface area contributed by atoms with Crippen LogP contribution in [0.5, 0.6) is 5.75 Å². The Morgan fingerprint density at radius 3 is 2.85 bits per heavy atom. The molecule has 1 atom stereocenters. The summed E-state index contributed by atoms with van der Waals surface area (Å²) in [6.45, 7) is 0.970. The minimum Gasteiger partial charge on any atom is -0.494 e. The summed E-state index contributed by atoms with van der Waals surface area (Å²) in [5.74, 6) is 0.897. The standard InChI is InChI=1S/C19H23FN6O/c1-21-18-19(6-4-7-19)11-9-14(27-2)17(15(20)16(11)23-18)26-10-13(24-25-26)12-5-3-8-22-12/h9-10,12,22H,3-8H2,1-2H3,(H,21,23). The first kappa shape index (κ1) is 16.7. The first-order valence-electron chi connectivity index (χ1n) is 9.52. The van der Waals surface area contributed by atoms with Crippen LogP contribution in [-0.4, -0.2) is 41.5 Å². The molecule has 2 aromatic rings. The van der Waals surface area contributed by atoms with Crippen LogP contribution in [0.2, 0.25) is 0 Å². The van der Waals surface area contributed by atoms with Crippen LogP contribution in [0.3, 0.4) is 0 Å². The molecule has 1 saturated heterocycles. The smallest absolute Gasteiger partial charge is 0.178 e. The van der Waals surface area contributed by atoms with Crippen molar-refractivity contribution in [3.05, 3.63) is 29.3 Å². The van der Waals surface area contributed by atoms with E-state index < -0.39 is 5.82 Å². The molecule has 1 unspecified atom stereocenters. The van der Waals surface area contributed by atoms with E-state index in [9.17, 15) is 0 Å². The van der Waals surface area contributed by atoms with Crippen molar-refractivity contribution in [1.29, 1.82) is 0 Å². The average molecular weight is 370 g/mol. The lowest BCUT2D eigenvalue weighted by Gasteiger charge is -2.40. The van der Waals surface area contributed by atoms with Crippen LogP contribution in [0.15, 0.2) is 17.3 Å². The van der Waals surface area contributed by atoms with Gasteiger partial charge in [0.05, 0.1) is 24.8 Å². The Morgan fingerprint density at radius 2 is 2.22 bits per heavy atom. The molecule has 27 heavy (non-hydrogen) atoms. The Balaban J connectivity index is 1.63. The van der Waals surface area contributed by atoms with Crippen LogP contribution in [0.25, 0.3) is 5.69 Å². The predicted octanol–water partition coefficient (Wildman–Crippen LogP) is 2.52. The molecule has 2 fully saturated rings. The van der Waals surface area contributed by atoms with Gasteiger partial charge in [0.2, 0.25) is 0 Å². The summed E-state index contributed by atoms with van der Waals surface area (Å²) in [5, 5.41) is 15.0. The highest BCUT2D eigenvalue weighted by Gasteiger charge is 2.49. The van der Waals surface area contributed by atoms with Crippen molar-refractivity contribution >= 4 is 11.5 Å². The van der Waals surface area contributed by atoms with Crippen LogP contribution in [0, 0.1) is 5.82 Å². The first-order chi connectivity index (χ1) is 13.2. The Labute approximate surface area is 157 Å². The van der Waals surface area contributed by atoms with Crippen molar-refractivity contribution in [2.24, 2.45) is 4.99 Å². The highest BCUT2D eigenvalue weighted by atomic mass is 19.1. The monoisotopic (exact) mass is 370 g/mol. The molecule has 3 aliphatic rings. The molecule has 1 saturated carbocycles. The van der Waals surface area contributed by atoms with Crippen LogP contribution in [0.4, 0.5) is 10.1 Å². The second-order valence-corrected chi connectivity index (χ2v) is 7.52. The minimum atomic E-state index is -0.406. The van der Waals surface area contributed by atoms with Crippen LogP contribution in [-0.2, 0) is 5.41 Å². The third-order valence-electron chi connectivity index (χ3n) is 6.19. The van der Waals surface area contributed by atoms with Gasteiger partial charge in [0, 0.05) is 7.05 Å². The molecule has 2 N–H and O–H groups in total. The number of methoxy groups -OCH3 is 1. The summed E-state index contributed by atoms with van der Waals surface area (Å²) in [6.07, 6.45) is 6.98. The number of nitrogens with one attached hydrogen (secondary N) is 2. The van der Waals surface area contributed by atoms with E-state index in [1.807, 2.05) is 13.1 Å². The molecule has 0 amide bonds. The number of aromatic nitrogens is 3. The molecule has 1 aromatic carbocycles. The van der Waals surface area contributed by atoms with Gasteiger partial charge in [-0.2, -0.15) is 0 Å². The van der Waals surface area contributed by atoms with Crippen molar-refractivity contribution in [1.82, 2.24) is 25.6 Å². The van der Waals surface area contributed by atoms with Gasteiger partial charge in [0.15, 0.2) is 5.82 Å². The van der Waals surface area contributed by atoms with Gasteiger partial charge < -0.3 is 15.4 Å². The first-order valence-corrected chi connectivity index (χ1v) is 9.52. The summed E-state index contributed by atoms with van der Waals surface area (Å²) in [6, 6.07) is 2.10. The van der Waals surface area contributed by atoms with Gasteiger partial charge in [-0.1, -0.05) is 11.6 Å². The van der Waals surface area contributed by atoms with E-state index in [1.165, 1.54) is 4.68 Å². The lowest BCUT2D eigenvalue weighted by molar-refractivity contribution is 0.337. The van der Waals surface area contributed by atoms with E-state index in [4.69, 9.17) is 4.74 Å². The van der Waals surface area contributed by atoms with Crippen molar-refractivity contribution in [3.8, 4) is 11.4 Å². The molecule has 0 radical (unpaired) electrons. The largest absolute Gasteiger partial charge is 0.494 e. The molecular weight excluding hydrogens is 347 g/mol. The number of amidine groups is 1. The molecule has 3 heterocycles. The molecule has 8 heteroatoms. The molecular formula is C19H23FN6O. The molecule has 142 valence electrons. The fourth-order valence-electron chi connectivity index (χ4n) is 4.61. The number of rotatable bonds is 3. The maximum absolute atomic E-state index is 15.6. The van der Waals surface area contributed by atoms with Crippen LogP contribution >= 0.6 is 0 Å². The number of ether oxygens (including phenoxy) is 1. The third kappa shape index (κ3) is 2.25. The second-order valence-electron chi connectivity index (χ2n) is 7.52. The number of likely N-dealkylation sites (N-methyl/N-ethyl adjacent to an activating group) is 1. The van der Waals surface area contributed by atoms with Crippen molar-refractivity contribution in [3.63, 3.8) is 0 Å². The molecule has 7 nitrogen and oxygen atoms in total. The van der Waals surface area contributed by atoms with Gasteiger partial charge in [-0.15, -0.1) is 5.10 Å². The summed E-state index contributed by atoms with van der Waals surface area (Å²) >= 11 is 0. The van der Waals surface area contributed by atoms with E-state index in [-0.39, 0.29) is 17.1 Å². The Bertz CT molecular complexity index is 927. The summed E-state index contributed by atoms with van der Waals surface area (Å²) in [7, 11) is 3.41. The number of hydrogen-bond donors (Lipinski definition) is 2. The molecule has 0 bridgehead atoms. The normalized spacial score (nSPS) is 22.5. The van der Waals surface area contributed by atoms with E-state index in [0.717, 1.165) is 55.7 Å². The number of hydrogen-bond acceptors (Lipinski definition) is 6. The summed E-state index contributed by atoms with van der Waals surface area (Å²) in [4.78, 5) is 4.59. The van der Waals surface area contributed by atoms with Gasteiger partial charge in [-0.3, -0.25) is 0 Å². The maximum atomic E-state index is 15.6. The van der Waals surface area contributed by atoms with E-state index in [2.05, 4.69) is 25.9 Å². The summed E-state index contributed by atoms with van der Waals surface area (Å²) in [5.41, 5.74) is 2.20.